The van der Waals surface area contributed by atoms with Crippen molar-refractivity contribution < 1.29 is 14.3 Å². The summed E-state index contributed by atoms with van der Waals surface area (Å²) in [6.07, 6.45) is 7.94. The standard InChI is InChI=1S/C23H29ClN2O3S/c1-23(2,3)29-22(28)18(12-15-8-5-4-6-9-15)26-20(27)19-14-25-21(30-19)16-10-7-11-17(24)13-16/h7,10-11,13-15,18H,4-6,8-9,12H2,1-3H3,(H,26,27)/t18-/m0/s1. The van der Waals surface area contributed by atoms with E-state index in [9.17, 15) is 9.59 Å². The van der Waals surface area contributed by atoms with Crippen LogP contribution in [0.1, 0.15) is 69.0 Å². The zero-order chi connectivity index (χ0) is 21.7. The van der Waals surface area contributed by atoms with Crippen molar-refractivity contribution in [2.24, 2.45) is 5.92 Å². The average Bonchev–Trinajstić information content (AvgIpc) is 3.17. The molecule has 2 aromatic rings. The smallest absolute Gasteiger partial charge is 0.329 e. The van der Waals surface area contributed by atoms with Crippen LogP contribution >= 0.6 is 22.9 Å². The highest BCUT2D eigenvalue weighted by Gasteiger charge is 2.30. The molecular weight excluding hydrogens is 420 g/mol. The molecule has 1 saturated carbocycles. The molecule has 0 unspecified atom stereocenters. The maximum absolute atomic E-state index is 12.9. The predicted molar refractivity (Wildman–Crippen MR) is 121 cm³/mol. The molecule has 3 rings (SSSR count). The fourth-order valence-electron chi connectivity index (χ4n) is 3.71. The van der Waals surface area contributed by atoms with Gasteiger partial charge in [0.1, 0.15) is 21.5 Å². The minimum absolute atomic E-state index is 0.299. The molecule has 1 aliphatic carbocycles. The van der Waals surface area contributed by atoms with Gasteiger partial charge in [-0.2, -0.15) is 0 Å². The van der Waals surface area contributed by atoms with E-state index in [1.807, 2.05) is 39.0 Å². The number of carbonyl (C=O) groups is 2. The van der Waals surface area contributed by atoms with Crippen molar-refractivity contribution in [1.82, 2.24) is 10.3 Å². The van der Waals surface area contributed by atoms with E-state index in [1.165, 1.54) is 30.6 Å². The molecule has 1 aromatic heterocycles. The Bertz CT molecular complexity index is 885. The highest BCUT2D eigenvalue weighted by atomic mass is 35.5. The second-order valence-corrected chi connectivity index (χ2v) is 10.3. The number of amides is 1. The number of nitrogens with one attached hydrogen (secondary N) is 1. The molecule has 1 amide bonds. The highest BCUT2D eigenvalue weighted by Crippen LogP contribution is 2.29. The molecule has 1 aliphatic rings. The number of esters is 1. The van der Waals surface area contributed by atoms with Gasteiger partial charge < -0.3 is 10.1 Å². The van der Waals surface area contributed by atoms with E-state index in [-0.39, 0.29) is 11.9 Å². The van der Waals surface area contributed by atoms with Crippen molar-refractivity contribution in [1.29, 1.82) is 0 Å². The predicted octanol–water partition coefficient (Wildman–Crippen LogP) is 5.87. The molecule has 0 spiro atoms. The fraction of sp³-hybridized carbons (Fsp3) is 0.522. The number of hydrogen-bond acceptors (Lipinski definition) is 5. The number of rotatable bonds is 6. The van der Waals surface area contributed by atoms with Crippen LogP contribution in [0.5, 0.6) is 0 Å². The first-order chi connectivity index (χ1) is 14.2. The van der Waals surface area contributed by atoms with Crippen LogP contribution in [0.3, 0.4) is 0 Å². The summed E-state index contributed by atoms with van der Waals surface area (Å²) in [7, 11) is 0. The van der Waals surface area contributed by atoms with Crippen molar-refractivity contribution >= 4 is 34.8 Å². The zero-order valence-corrected chi connectivity index (χ0v) is 19.3. The number of aromatic nitrogens is 1. The van der Waals surface area contributed by atoms with Gasteiger partial charge in [0.05, 0.1) is 6.20 Å². The summed E-state index contributed by atoms with van der Waals surface area (Å²) in [4.78, 5) is 30.5. The third-order valence-corrected chi connectivity index (χ3v) is 6.37. The van der Waals surface area contributed by atoms with Gasteiger partial charge in [0.15, 0.2) is 0 Å². The molecular formula is C23H29ClN2O3S. The lowest BCUT2D eigenvalue weighted by molar-refractivity contribution is -0.157. The largest absolute Gasteiger partial charge is 0.458 e. The van der Waals surface area contributed by atoms with E-state index in [2.05, 4.69) is 10.3 Å². The van der Waals surface area contributed by atoms with Crippen LogP contribution in [-0.4, -0.2) is 28.5 Å². The lowest BCUT2D eigenvalue weighted by Crippen LogP contribution is -2.45. The summed E-state index contributed by atoms with van der Waals surface area (Å²) in [5.74, 6) is -0.242. The first kappa shape index (κ1) is 22.8. The molecule has 1 aromatic carbocycles. The SMILES string of the molecule is CC(C)(C)OC(=O)[C@H](CC1CCCCC1)NC(=O)c1cnc(-c2cccc(Cl)c2)s1. The number of thiazole rings is 1. The molecule has 0 bridgehead atoms. The van der Waals surface area contributed by atoms with Crippen LogP contribution in [0.15, 0.2) is 30.5 Å². The van der Waals surface area contributed by atoms with E-state index in [0.717, 1.165) is 18.4 Å². The number of hydrogen-bond donors (Lipinski definition) is 1. The molecule has 5 nitrogen and oxygen atoms in total. The van der Waals surface area contributed by atoms with Crippen molar-refractivity contribution in [3.63, 3.8) is 0 Å². The first-order valence-corrected chi connectivity index (χ1v) is 11.7. The van der Waals surface area contributed by atoms with Crippen molar-refractivity contribution in [2.75, 3.05) is 0 Å². The molecule has 1 fully saturated rings. The van der Waals surface area contributed by atoms with Gasteiger partial charge in [-0.3, -0.25) is 4.79 Å². The second-order valence-electron chi connectivity index (χ2n) is 8.84. The van der Waals surface area contributed by atoms with Gasteiger partial charge in [0.2, 0.25) is 0 Å². The van der Waals surface area contributed by atoms with Crippen molar-refractivity contribution in [2.45, 2.75) is 70.9 Å². The average molecular weight is 449 g/mol. The maximum atomic E-state index is 12.9. The Labute approximate surface area is 187 Å². The molecule has 7 heteroatoms. The summed E-state index contributed by atoms with van der Waals surface area (Å²) in [6, 6.07) is 6.70. The minimum atomic E-state index is -0.656. The van der Waals surface area contributed by atoms with Crippen LogP contribution in [-0.2, 0) is 9.53 Å². The van der Waals surface area contributed by atoms with Crippen LogP contribution in [0.4, 0.5) is 0 Å². The molecule has 0 aliphatic heterocycles. The Hall–Kier alpha value is -1.92. The van der Waals surface area contributed by atoms with Crippen LogP contribution in [0.25, 0.3) is 10.6 Å². The van der Waals surface area contributed by atoms with Gasteiger partial charge in [0.25, 0.3) is 5.91 Å². The van der Waals surface area contributed by atoms with Gasteiger partial charge in [-0.25, -0.2) is 9.78 Å². The zero-order valence-electron chi connectivity index (χ0n) is 17.7. The van der Waals surface area contributed by atoms with E-state index in [0.29, 0.717) is 27.2 Å². The lowest BCUT2D eigenvalue weighted by Gasteiger charge is -2.28. The Morgan fingerprint density at radius 3 is 2.67 bits per heavy atom. The van der Waals surface area contributed by atoms with Crippen LogP contribution in [0.2, 0.25) is 5.02 Å². The third kappa shape index (κ3) is 6.54. The van der Waals surface area contributed by atoms with E-state index in [4.69, 9.17) is 16.3 Å². The van der Waals surface area contributed by atoms with Gasteiger partial charge in [-0.15, -0.1) is 11.3 Å². The normalized spacial score (nSPS) is 16.1. The third-order valence-electron chi connectivity index (χ3n) is 5.09. The fourth-order valence-corrected chi connectivity index (χ4v) is 4.71. The number of nitrogens with zero attached hydrogens (tertiary/aromatic N) is 1. The van der Waals surface area contributed by atoms with Crippen LogP contribution in [0, 0.1) is 5.92 Å². The van der Waals surface area contributed by atoms with Gasteiger partial charge >= 0.3 is 5.97 Å². The summed E-state index contributed by atoms with van der Waals surface area (Å²) in [5.41, 5.74) is 0.258. The second kappa shape index (κ2) is 9.92. The summed E-state index contributed by atoms with van der Waals surface area (Å²) >= 11 is 7.34. The Balaban J connectivity index is 1.72. The monoisotopic (exact) mass is 448 g/mol. The minimum Gasteiger partial charge on any atom is -0.458 e. The van der Waals surface area contributed by atoms with Crippen molar-refractivity contribution in [3.05, 3.63) is 40.4 Å². The molecule has 162 valence electrons. The highest BCUT2D eigenvalue weighted by molar-refractivity contribution is 7.16. The summed E-state index contributed by atoms with van der Waals surface area (Å²) in [5, 5.41) is 4.24. The molecule has 1 N–H and O–H groups in total. The lowest BCUT2D eigenvalue weighted by atomic mass is 9.84. The number of ether oxygens (including phenoxy) is 1. The summed E-state index contributed by atoms with van der Waals surface area (Å²) in [6.45, 7) is 5.51. The molecule has 1 atom stereocenters. The van der Waals surface area contributed by atoms with Gasteiger partial charge in [-0.1, -0.05) is 55.8 Å². The quantitative estimate of drug-likeness (QED) is 0.560. The number of halogens is 1. The molecule has 0 saturated heterocycles. The maximum Gasteiger partial charge on any atom is 0.329 e. The van der Waals surface area contributed by atoms with E-state index in [1.54, 1.807) is 12.3 Å². The molecule has 1 heterocycles. The van der Waals surface area contributed by atoms with Crippen LogP contribution < -0.4 is 5.32 Å². The summed E-state index contributed by atoms with van der Waals surface area (Å²) < 4.78 is 5.59. The molecule has 0 radical (unpaired) electrons. The Kier molecular flexibility index (Phi) is 7.53. The first-order valence-electron chi connectivity index (χ1n) is 10.5. The van der Waals surface area contributed by atoms with Gasteiger partial charge in [0, 0.05) is 10.6 Å². The van der Waals surface area contributed by atoms with Gasteiger partial charge in [-0.05, 0) is 45.2 Å². The Morgan fingerprint density at radius 2 is 2.00 bits per heavy atom. The Morgan fingerprint density at radius 1 is 1.27 bits per heavy atom. The van der Waals surface area contributed by atoms with E-state index < -0.39 is 11.6 Å². The topological polar surface area (TPSA) is 68.3 Å². The number of carbonyl (C=O) groups excluding carboxylic acids is 2. The molecule has 30 heavy (non-hydrogen) atoms. The van der Waals surface area contributed by atoms with E-state index >= 15 is 0 Å². The number of benzene rings is 1. The van der Waals surface area contributed by atoms with Crippen molar-refractivity contribution in [3.8, 4) is 10.6 Å².